The molecule has 0 aliphatic carbocycles. The van der Waals surface area contributed by atoms with E-state index in [9.17, 15) is 4.39 Å². The molecule has 0 saturated heterocycles. The first-order valence-corrected chi connectivity index (χ1v) is 7.22. The molecule has 0 aliphatic heterocycles. The Hall–Kier alpha value is -1.85. The van der Waals surface area contributed by atoms with E-state index in [4.69, 9.17) is 11.6 Å². The van der Waals surface area contributed by atoms with Crippen LogP contribution in [-0.4, -0.2) is 15.0 Å². The van der Waals surface area contributed by atoms with Gasteiger partial charge in [0.1, 0.15) is 16.7 Å². The molecule has 0 N–H and O–H groups in total. The average Bonchev–Trinajstić information content (AvgIpc) is 2.51. The molecular formula is C15H8BrClFN3. The van der Waals surface area contributed by atoms with Crippen molar-refractivity contribution in [1.82, 2.24) is 15.0 Å². The van der Waals surface area contributed by atoms with Crippen molar-refractivity contribution in [1.29, 1.82) is 0 Å². The van der Waals surface area contributed by atoms with Gasteiger partial charge in [0.2, 0.25) is 0 Å². The highest BCUT2D eigenvalue weighted by molar-refractivity contribution is 9.10. The van der Waals surface area contributed by atoms with Gasteiger partial charge in [-0.05, 0) is 28.1 Å². The largest absolute Gasteiger partial charge is 0.250 e. The summed E-state index contributed by atoms with van der Waals surface area (Å²) < 4.78 is 13.6. The summed E-state index contributed by atoms with van der Waals surface area (Å²) in [5.41, 5.74) is 2.02. The van der Waals surface area contributed by atoms with Gasteiger partial charge < -0.3 is 0 Å². The van der Waals surface area contributed by atoms with Crippen molar-refractivity contribution in [2.45, 2.75) is 0 Å². The summed E-state index contributed by atoms with van der Waals surface area (Å²) in [5, 5.41) is 0.282. The molecule has 0 atom stereocenters. The Morgan fingerprint density at radius 3 is 2.43 bits per heavy atom. The van der Waals surface area contributed by atoms with Crippen molar-refractivity contribution in [3.63, 3.8) is 0 Å². The maximum Gasteiger partial charge on any atom is 0.180 e. The summed E-state index contributed by atoms with van der Waals surface area (Å²) >= 11 is 9.55. The minimum Gasteiger partial charge on any atom is -0.250 e. The molecule has 1 aromatic carbocycles. The Labute approximate surface area is 134 Å². The summed E-state index contributed by atoms with van der Waals surface area (Å²) in [6.07, 6.45) is 1.12. The quantitative estimate of drug-likeness (QED) is 0.615. The molecule has 3 nitrogen and oxygen atoms in total. The predicted octanol–water partition coefficient (Wildman–Crippen LogP) is 4.76. The van der Waals surface area contributed by atoms with Crippen molar-refractivity contribution in [3.05, 3.63) is 64.1 Å². The van der Waals surface area contributed by atoms with E-state index in [1.54, 1.807) is 0 Å². The standard InChI is InChI=1S/C15H8BrClFN3/c16-12-13(9-4-2-1-3-5-9)20-15(21-14(12)17)11-7-6-10(18)8-19-11/h1-8H. The van der Waals surface area contributed by atoms with Crippen LogP contribution in [0, 0.1) is 5.82 Å². The molecule has 3 rings (SSSR count). The number of rotatable bonds is 2. The van der Waals surface area contributed by atoms with Crippen molar-refractivity contribution in [3.8, 4) is 22.8 Å². The van der Waals surface area contributed by atoms with E-state index in [1.807, 2.05) is 30.3 Å². The first kappa shape index (κ1) is 14.1. The third-order valence-electron chi connectivity index (χ3n) is 2.81. The lowest BCUT2D eigenvalue weighted by Gasteiger charge is -2.08. The summed E-state index contributed by atoms with van der Waals surface area (Å²) in [5.74, 6) is -0.0627. The van der Waals surface area contributed by atoms with E-state index in [0.29, 0.717) is 21.7 Å². The molecule has 6 heteroatoms. The third-order valence-corrected chi connectivity index (χ3v) is 4.07. The fraction of sp³-hybridized carbons (Fsp3) is 0. The summed E-state index contributed by atoms with van der Waals surface area (Å²) in [6, 6.07) is 12.4. The Bertz CT molecular complexity index is 779. The Balaban J connectivity index is 2.16. The second kappa shape index (κ2) is 5.87. The Kier molecular flexibility index (Phi) is 3.94. The van der Waals surface area contributed by atoms with E-state index in [2.05, 4.69) is 30.9 Å². The molecule has 0 radical (unpaired) electrons. The second-order valence-corrected chi connectivity index (χ2v) is 5.38. The summed E-state index contributed by atoms with van der Waals surface area (Å²) in [6.45, 7) is 0. The fourth-order valence-corrected chi connectivity index (χ4v) is 2.41. The van der Waals surface area contributed by atoms with Crippen LogP contribution in [0.25, 0.3) is 22.8 Å². The Morgan fingerprint density at radius 2 is 1.76 bits per heavy atom. The van der Waals surface area contributed by atoms with Crippen LogP contribution < -0.4 is 0 Å². The number of pyridine rings is 1. The van der Waals surface area contributed by atoms with Gasteiger partial charge in [0.25, 0.3) is 0 Å². The van der Waals surface area contributed by atoms with Gasteiger partial charge in [0.05, 0.1) is 16.4 Å². The second-order valence-electron chi connectivity index (χ2n) is 4.23. The highest BCUT2D eigenvalue weighted by atomic mass is 79.9. The maximum absolute atomic E-state index is 13.0. The van der Waals surface area contributed by atoms with Crippen molar-refractivity contribution in [2.24, 2.45) is 0 Å². The molecule has 0 bridgehead atoms. The van der Waals surface area contributed by atoms with E-state index in [1.165, 1.54) is 12.1 Å². The first-order chi connectivity index (χ1) is 10.1. The summed E-state index contributed by atoms with van der Waals surface area (Å²) in [4.78, 5) is 12.6. The molecule has 2 aromatic heterocycles. The van der Waals surface area contributed by atoms with E-state index in [0.717, 1.165) is 11.8 Å². The highest BCUT2D eigenvalue weighted by Gasteiger charge is 2.14. The molecule has 0 saturated carbocycles. The number of aromatic nitrogens is 3. The van der Waals surface area contributed by atoms with Crippen LogP contribution in [0.1, 0.15) is 0 Å². The van der Waals surface area contributed by atoms with Crippen LogP contribution >= 0.6 is 27.5 Å². The third kappa shape index (κ3) is 2.94. The zero-order valence-corrected chi connectivity index (χ0v) is 12.9. The van der Waals surface area contributed by atoms with Gasteiger partial charge >= 0.3 is 0 Å². The highest BCUT2D eigenvalue weighted by Crippen LogP contribution is 2.32. The molecule has 0 aliphatic rings. The monoisotopic (exact) mass is 363 g/mol. The van der Waals surface area contributed by atoms with Crippen LogP contribution in [0.2, 0.25) is 5.15 Å². The fourth-order valence-electron chi connectivity index (χ4n) is 1.83. The first-order valence-electron chi connectivity index (χ1n) is 6.05. The lowest BCUT2D eigenvalue weighted by molar-refractivity contribution is 0.621. The van der Waals surface area contributed by atoms with Gasteiger partial charge in [-0.15, -0.1) is 0 Å². The minimum atomic E-state index is -0.412. The molecule has 2 heterocycles. The number of halogens is 3. The average molecular weight is 365 g/mol. The van der Waals surface area contributed by atoms with Gasteiger partial charge in [-0.1, -0.05) is 41.9 Å². The number of nitrogens with zero attached hydrogens (tertiary/aromatic N) is 3. The van der Waals surface area contributed by atoms with Crippen LogP contribution in [0.4, 0.5) is 4.39 Å². The van der Waals surface area contributed by atoms with Gasteiger partial charge in [0, 0.05) is 5.56 Å². The summed E-state index contributed by atoms with van der Waals surface area (Å²) in [7, 11) is 0. The van der Waals surface area contributed by atoms with E-state index >= 15 is 0 Å². The molecule has 0 amide bonds. The SMILES string of the molecule is Fc1ccc(-c2nc(Cl)c(Br)c(-c3ccccc3)n2)nc1. The normalized spacial score (nSPS) is 10.6. The van der Waals surface area contributed by atoms with Gasteiger partial charge in [-0.2, -0.15) is 0 Å². The smallest absolute Gasteiger partial charge is 0.180 e. The van der Waals surface area contributed by atoms with Gasteiger partial charge in [-0.25, -0.2) is 19.3 Å². The van der Waals surface area contributed by atoms with Crippen LogP contribution in [-0.2, 0) is 0 Å². The number of hydrogen-bond donors (Lipinski definition) is 0. The number of benzene rings is 1. The zero-order chi connectivity index (χ0) is 14.8. The molecular weight excluding hydrogens is 357 g/mol. The Morgan fingerprint density at radius 1 is 1.00 bits per heavy atom. The molecule has 0 unspecified atom stereocenters. The van der Waals surface area contributed by atoms with Gasteiger partial charge in [0.15, 0.2) is 5.82 Å². The van der Waals surface area contributed by atoms with Crippen molar-refractivity contribution < 1.29 is 4.39 Å². The predicted molar refractivity (Wildman–Crippen MR) is 83.4 cm³/mol. The minimum absolute atomic E-state index is 0.282. The van der Waals surface area contributed by atoms with Crippen LogP contribution in [0.15, 0.2) is 53.1 Å². The van der Waals surface area contributed by atoms with Crippen molar-refractivity contribution >= 4 is 27.5 Å². The molecule has 104 valence electrons. The van der Waals surface area contributed by atoms with Crippen LogP contribution in [0.5, 0.6) is 0 Å². The molecule has 0 spiro atoms. The van der Waals surface area contributed by atoms with E-state index in [-0.39, 0.29) is 5.15 Å². The molecule has 21 heavy (non-hydrogen) atoms. The lowest BCUT2D eigenvalue weighted by Crippen LogP contribution is -1.97. The van der Waals surface area contributed by atoms with E-state index < -0.39 is 5.82 Å². The maximum atomic E-state index is 13.0. The number of hydrogen-bond acceptors (Lipinski definition) is 3. The van der Waals surface area contributed by atoms with Gasteiger partial charge in [-0.3, -0.25) is 0 Å². The van der Waals surface area contributed by atoms with Crippen molar-refractivity contribution in [2.75, 3.05) is 0 Å². The topological polar surface area (TPSA) is 38.7 Å². The molecule has 3 aromatic rings. The lowest BCUT2D eigenvalue weighted by atomic mass is 10.1. The molecule has 0 fully saturated rings. The van der Waals surface area contributed by atoms with Crippen LogP contribution in [0.3, 0.4) is 0 Å². The zero-order valence-electron chi connectivity index (χ0n) is 10.6.